The summed E-state index contributed by atoms with van der Waals surface area (Å²) in [6, 6.07) is 0. The molecule has 0 bridgehead atoms. The average Bonchev–Trinajstić information content (AvgIpc) is 2.04. The van der Waals surface area contributed by atoms with E-state index in [-0.39, 0.29) is 0 Å². The molecule has 0 aromatic carbocycles. The van der Waals surface area contributed by atoms with Gasteiger partial charge in [0.05, 0.1) is 0 Å². The molecule has 0 saturated heterocycles. The monoisotopic (exact) mass is 144 g/mol. The van der Waals surface area contributed by atoms with E-state index in [1.807, 2.05) is 0 Å². The SMILES string of the molecule is B=C1BC=CC=C1C(C)CC. The van der Waals surface area contributed by atoms with Gasteiger partial charge in [-0.05, 0) is 0 Å². The molecule has 1 rings (SSSR count). The van der Waals surface area contributed by atoms with Crippen LogP contribution in [0.1, 0.15) is 20.3 Å². The van der Waals surface area contributed by atoms with E-state index in [9.17, 15) is 0 Å². The third-order valence-electron chi connectivity index (χ3n) is 2.33. The van der Waals surface area contributed by atoms with Crippen molar-refractivity contribution in [1.29, 1.82) is 0 Å². The van der Waals surface area contributed by atoms with Gasteiger partial charge in [0.1, 0.15) is 0 Å². The molecule has 1 unspecified atom stereocenters. The molecule has 0 aromatic heterocycles. The molecular formula is C9H14B2. The van der Waals surface area contributed by atoms with Gasteiger partial charge in [0, 0.05) is 0 Å². The molecule has 0 amide bonds. The first-order chi connectivity index (χ1) is 5.25. The summed E-state index contributed by atoms with van der Waals surface area (Å²) in [6.45, 7) is 4.48. The Morgan fingerprint density at radius 3 is 2.91 bits per heavy atom. The van der Waals surface area contributed by atoms with Crippen molar-refractivity contribution in [3.05, 3.63) is 23.7 Å². The quantitative estimate of drug-likeness (QED) is 0.506. The maximum atomic E-state index is 4.05. The van der Waals surface area contributed by atoms with E-state index in [4.69, 9.17) is 0 Å². The molecule has 0 aromatic rings. The summed E-state index contributed by atoms with van der Waals surface area (Å²) in [5, 5.41) is 1.29. The van der Waals surface area contributed by atoms with Crippen molar-refractivity contribution in [3.8, 4) is 0 Å². The second-order valence-electron chi connectivity index (χ2n) is 3.17. The van der Waals surface area contributed by atoms with Gasteiger partial charge < -0.3 is 0 Å². The first kappa shape index (κ1) is 8.58. The van der Waals surface area contributed by atoms with E-state index < -0.39 is 0 Å². The molecule has 56 valence electrons. The molecule has 2 heteroatoms. The van der Waals surface area contributed by atoms with Crippen LogP contribution in [0.3, 0.4) is 0 Å². The van der Waals surface area contributed by atoms with E-state index in [2.05, 4.69) is 39.5 Å². The minimum atomic E-state index is 0.674. The normalized spacial score (nSPS) is 19.0. The van der Waals surface area contributed by atoms with Crippen LogP contribution in [-0.4, -0.2) is 20.1 Å². The standard InChI is InChI=1S/C9H14B2/c1-3-7(2)8-5-4-6-11-9(8)10/h4-7,10-11H,3H2,1-2H3. The number of rotatable bonds is 2. The molecule has 1 atom stereocenters. The molecule has 1 aliphatic heterocycles. The van der Waals surface area contributed by atoms with Crippen molar-refractivity contribution in [3.63, 3.8) is 0 Å². The predicted octanol–water partition coefficient (Wildman–Crippen LogP) is 0.953. The van der Waals surface area contributed by atoms with Crippen molar-refractivity contribution in [2.24, 2.45) is 5.92 Å². The van der Waals surface area contributed by atoms with E-state index >= 15 is 0 Å². The summed E-state index contributed by atoms with van der Waals surface area (Å²) in [5.41, 5.74) is 1.44. The van der Waals surface area contributed by atoms with Crippen LogP contribution in [0.4, 0.5) is 0 Å². The van der Waals surface area contributed by atoms with Gasteiger partial charge in [-0.1, -0.05) is 0 Å². The van der Waals surface area contributed by atoms with Crippen molar-refractivity contribution in [1.82, 2.24) is 0 Å². The Bertz CT molecular complexity index is 214. The molecule has 1 aliphatic rings. The van der Waals surface area contributed by atoms with Gasteiger partial charge in [-0.15, -0.1) is 0 Å². The van der Waals surface area contributed by atoms with Crippen molar-refractivity contribution in [2.45, 2.75) is 20.3 Å². The first-order valence-corrected chi connectivity index (χ1v) is 4.30. The summed E-state index contributed by atoms with van der Waals surface area (Å²) in [5.74, 6) is 2.83. The fourth-order valence-corrected chi connectivity index (χ4v) is 1.35. The van der Waals surface area contributed by atoms with Gasteiger partial charge >= 0.3 is 70.0 Å². The Kier molecular flexibility index (Phi) is 2.92. The third kappa shape index (κ3) is 1.95. The van der Waals surface area contributed by atoms with Crippen molar-refractivity contribution in [2.75, 3.05) is 0 Å². The van der Waals surface area contributed by atoms with Gasteiger partial charge in [-0.2, -0.15) is 0 Å². The molecule has 1 heterocycles. The fourth-order valence-electron chi connectivity index (χ4n) is 1.35. The Labute approximate surface area is 70.7 Å². The number of allylic oxidation sites excluding steroid dienone is 3. The molecular weight excluding hydrogens is 130 g/mol. The van der Waals surface area contributed by atoms with Gasteiger partial charge in [-0.25, -0.2) is 0 Å². The minimum absolute atomic E-state index is 0.674. The molecule has 0 N–H and O–H groups in total. The Balaban J connectivity index is 2.75. The molecule has 0 saturated carbocycles. The van der Waals surface area contributed by atoms with Crippen LogP contribution >= 0.6 is 0 Å². The first-order valence-electron chi connectivity index (χ1n) is 4.30. The second kappa shape index (κ2) is 3.75. The molecule has 0 fully saturated rings. The van der Waals surface area contributed by atoms with E-state index in [0.29, 0.717) is 5.92 Å². The molecule has 0 spiro atoms. The Hall–Kier alpha value is -0.520. The Morgan fingerprint density at radius 2 is 2.36 bits per heavy atom. The maximum absolute atomic E-state index is 4.05. The fraction of sp³-hybridized carbons (Fsp3) is 0.444. The zero-order valence-corrected chi connectivity index (χ0v) is 7.43. The van der Waals surface area contributed by atoms with Gasteiger partial charge in [-0.3, -0.25) is 0 Å². The van der Waals surface area contributed by atoms with Crippen LogP contribution in [0.2, 0.25) is 0 Å². The van der Waals surface area contributed by atoms with Crippen LogP contribution in [0.15, 0.2) is 23.7 Å². The summed E-state index contributed by atoms with van der Waals surface area (Å²) in [4.78, 5) is 0. The summed E-state index contributed by atoms with van der Waals surface area (Å²) < 4.78 is 0. The molecule has 11 heavy (non-hydrogen) atoms. The van der Waals surface area contributed by atoms with Crippen LogP contribution in [0.5, 0.6) is 0 Å². The predicted molar refractivity (Wildman–Crippen MR) is 56.0 cm³/mol. The van der Waals surface area contributed by atoms with Crippen LogP contribution in [0.25, 0.3) is 0 Å². The van der Waals surface area contributed by atoms with E-state index in [1.54, 1.807) is 0 Å². The molecule has 0 radical (unpaired) electrons. The van der Waals surface area contributed by atoms with Crippen molar-refractivity contribution >= 4 is 20.1 Å². The van der Waals surface area contributed by atoms with Crippen LogP contribution in [-0.2, 0) is 0 Å². The summed E-state index contributed by atoms with van der Waals surface area (Å²) in [6.07, 6.45) is 5.54. The zero-order valence-electron chi connectivity index (χ0n) is 7.43. The van der Waals surface area contributed by atoms with Gasteiger partial charge in [0.25, 0.3) is 0 Å². The van der Waals surface area contributed by atoms with E-state index in [1.165, 1.54) is 17.4 Å². The summed E-state index contributed by atoms with van der Waals surface area (Å²) in [7, 11) is 5.08. The van der Waals surface area contributed by atoms with Gasteiger partial charge in [0.15, 0.2) is 0 Å². The van der Waals surface area contributed by atoms with Crippen LogP contribution in [0, 0.1) is 5.92 Å². The second-order valence-corrected chi connectivity index (χ2v) is 3.17. The summed E-state index contributed by atoms with van der Waals surface area (Å²) >= 11 is 0. The van der Waals surface area contributed by atoms with E-state index in [0.717, 1.165) is 7.28 Å². The number of hydrogen-bond donors (Lipinski definition) is 0. The zero-order chi connectivity index (χ0) is 8.27. The molecule has 0 aliphatic carbocycles. The van der Waals surface area contributed by atoms with Gasteiger partial charge in [0.2, 0.25) is 0 Å². The topological polar surface area (TPSA) is 0 Å². The average molecular weight is 144 g/mol. The number of hydrogen-bond acceptors (Lipinski definition) is 0. The van der Waals surface area contributed by atoms with Crippen molar-refractivity contribution < 1.29 is 0 Å². The van der Waals surface area contributed by atoms with Crippen LogP contribution < -0.4 is 0 Å². The third-order valence-corrected chi connectivity index (χ3v) is 2.33. The molecule has 0 nitrogen and oxygen atoms in total. The Morgan fingerprint density at radius 1 is 1.64 bits per heavy atom.